The summed E-state index contributed by atoms with van der Waals surface area (Å²) in [7, 11) is 0. The molecule has 1 saturated carbocycles. The molecule has 4 heteroatoms. The highest BCUT2D eigenvalue weighted by Gasteiger charge is 2.21. The van der Waals surface area contributed by atoms with Crippen molar-refractivity contribution in [3.8, 4) is 0 Å². The number of unbranched alkanes of at least 4 members (excludes halogenated alkanes) is 1. The smallest absolute Gasteiger partial charge is 0.188 e. The van der Waals surface area contributed by atoms with Crippen LogP contribution >= 0.6 is 0 Å². The van der Waals surface area contributed by atoms with E-state index in [1.54, 1.807) is 0 Å². The third-order valence-corrected chi connectivity index (χ3v) is 3.84. The van der Waals surface area contributed by atoms with E-state index in [1.807, 2.05) is 0 Å². The van der Waals surface area contributed by atoms with Crippen molar-refractivity contribution in [2.24, 2.45) is 16.6 Å². The lowest BCUT2D eigenvalue weighted by Crippen LogP contribution is -2.35. The number of hydrogen-bond acceptors (Lipinski definition) is 2. The van der Waals surface area contributed by atoms with E-state index in [0.29, 0.717) is 12.0 Å². The molecule has 0 aromatic rings. The molecule has 3 N–H and O–H groups in total. The lowest BCUT2D eigenvalue weighted by atomic mass is 10.0. The van der Waals surface area contributed by atoms with Gasteiger partial charge in [0.2, 0.25) is 0 Å². The van der Waals surface area contributed by atoms with Gasteiger partial charge in [-0.25, -0.2) is 0 Å². The highest BCUT2D eigenvalue weighted by Crippen LogP contribution is 2.18. The quantitative estimate of drug-likeness (QED) is 0.428. The van der Waals surface area contributed by atoms with Gasteiger partial charge in [0.25, 0.3) is 0 Å². The van der Waals surface area contributed by atoms with Gasteiger partial charge in [-0.3, -0.25) is 4.99 Å². The number of rotatable bonds is 6. The zero-order chi connectivity index (χ0) is 12.8. The maximum atomic E-state index is 5.79. The van der Waals surface area contributed by atoms with E-state index >= 15 is 0 Å². The van der Waals surface area contributed by atoms with E-state index < -0.39 is 0 Å². The van der Waals surface area contributed by atoms with E-state index in [-0.39, 0.29) is 0 Å². The van der Waals surface area contributed by atoms with E-state index in [1.165, 1.54) is 51.7 Å². The molecule has 1 saturated heterocycles. The second kappa shape index (κ2) is 6.98. The first-order valence-corrected chi connectivity index (χ1v) is 7.53. The summed E-state index contributed by atoms with van der Waals surface area (Å²) < 4.78 is 0. The van der Waals surface area contributed by atoms with E-state index in [4.69, 9.17) is 5.73 Å². The molecule has 1 aliphatic carbocycles. The Hall–Kier alpha value is -0.770. The number of nitrogens with one attached hydrogen (secondary N) is 1. The highest BCUT2D eigenvalue weighted by molar-refractivity contribution is 5.78. The summed E-state index contributed by atoms with van der Waals surface area (Å²) in [5.74, 6) is 1.53. The molecule has 2 fully saturated rings. The first kappa shape index (κ1) is 13.7. The Bertz CT molecular complexity index is 273. The van der Waals surface area contributed by atoms with Crippen molar-refractivity contribution < 1.29 is 0 Å². The van der Waals surface area contributed by atoms with Crippen LogP contribution in [-0.4, -0.2) is 43.1 Å². The zero-order valence-corrected chi connectivity index (χ0v) is 11.7. The second-order valence-electron chi connectivity index (χ2n) is 5.94. The number of piperidine rings is 1. The number of aliphatic imine (C=N–C) groups is 1. The molecule has 0 aromatic heterocycles. The Kier molecular flexibility index (Phi) is 5.29. The summed E-state index contributed by atoms with van der Waals surface area (Å²) >= 11 is 0. The van der Waals surface area contributed by atoms with Crippen LogP contribution < -0.4 is 11.1 Å². The number of nitrogens with two attached hydrogens (primary N) is 1. The molecule has 4 nitrogen and oxygen atoms in total. The fourth-order valence-electron chi connectivity index (χ4n) is 2.62. The van der Waals surface area contributed by atoms with Crippen molar-refractivity contribution >= 4 is 5.96 Å². The molecule has 104 valence electrons. The van der Waals surface area contributed by atoms with Crippen LogP contribution in [0.2, 0.25) is 0 Å². The van der Waals surface area contributed by atoms with Crippen LogP contribution in [0.4, 0.5) is 0 Å². The molecule has 1 unspecified atom stereocenters. The standard InChI is InChI=1S/C14H28N4/c1-12-5-4-10-18(11-12)9-3-2-8-16-14(15)17-13-6-7-13/h12-13H,2-11H2,1H3,(H3,15,16,17). The molecule has 2 aliphatic rings. The molecular formula is C14H28N4. The zero-order valence-electron chi connectivity index (χ0n) is 11.7. The number of nitrogens with zero attached hydrogens (tertiary/aromatic N) is 2. The molecule has 0 aromatic carbocycles. The predicted octanol–water partition coefficient (Wildman–Crippen LogP) is 1.57. The maximum absolute atomic E-state index is 5.79. The van der Waals surface area contributed by atoms with Crippen LogP contribution in [0.15, 0.2) is 4.99 Å². The van der Waals surface area contributed by atoms with Gasteiger partial charge in [0.15, 0.2) is 5.96 Å². The normalized spacial score (nSPS) is 26.3. The Balaban J connectivity index is 1.49. The second-order valence-corrected chi connectivity index (χ2v) is 5.94. The van der Waals surface area contributed by atoms with Gasteiger partial charge in [-0.15, -0.1) is 0 Å². The minimum absolute atomic E-state index is 0.614. The number of hydrogen-bond donors (Lipinski definition) is 2. The molecule has 1 heterocycles. The maximum Gasteiger partial charge on any atom is 0.188 e. The Morgan fingerprint density at radius 2 is 2.17 bits per heavy atom. The summed E-state index contributed by atoms with van der Waals surface area (Å²) in [5.41, 5.74) is 5.79. The van der Waals surface area contributed by atoms with Gasteiger partial charge in [-0.1, -0.05) is 6.92 Å². The molecule has 2 rings (SSSR count). The Morgan fingerprint density at radius 1 is 1.33 bits per heavy atom. The summed E-state index contributed by atoms with van der Waals surface area (Å²) in [6, 6.07) is 0.614. The number of guanidine groups is 1. The lowest BCUT2D eigenvalue weighted by Gasteiger charge is -2.30. The molecular weight excluding hydrogens is 224 g/mol. The van der Waals surface area contributed by atoms with Crippen LogP contribution in [0, 0.1) is 5.92 Å². The minimum atomic E-state index is 0.614. The average Bonchev–Trinajstić information content (AvgIpc) is 3.12. The Labute approximate surface area is 111 Å². The van der Waals surface area contributed by atoms with Gasteiger partial charge in [0, 0.05) is 19.1 Å². The van der Waals surface area contributed by atoms with Crippen molar-refractivity contribution in [1.82, 2.24) is 10.2 Å². The van der Waals surface area contributed by atoms with Crippen LogP contribution in [-0.2, 0) is 0 Å². The van der Waals surface area contributed by atoms with Gasteiger partial charge in [0.05, 0.1) is 0 Å². The van der Waals surface area contributed by atoms with Gasteiger partial charge < -0.3 is 16.0 Å². The Morgan fingerprint density at radius 3 is 2.89 bits per heavy atom. The van der Waals surface area contributed by atoms with Crippen LogP contribution in [0.1, 0.15) is 45.4 Å². The molecule has 0 spiro atoms. The van der Waals surface area contributed by atoms with E-state index in [9.17, 15) is 0 Å². The van der Waals surface area contributed by atoms with E-state index in [2.05, 4.69) is 22.1 Å². The highest BCUT2D eigenvalue weighted by atomic mass is 15.1. The van der Waals surface area contributed by atoms with Crippen LogP contribution in [0.25, 0.3) is 0 Å². The van der Waals surface area contributed by atoms with Crippen molar-refractivity contribution in [1.29, 1.82) is 0 Å². The average molecular weight is 252 g/mol. The SMILES string of the molecule is CC1CCCN(CCCCN=C(N)NC2CC2)C1. The van der Waals surface area contributed by atoms with Crippen LogP contribution in [0.3, 0.4) is 0 Å². The summed E-state index contributed by atoms with van der Waals surface area (Å²) in [5, 5.41) is 3.22. The lowest BCUT2D eigenvalue weighted by molar-refractivity contribution is 0.181. The fraction of sp³-hybridized carbons (Fsp3) is 0.929. The van der Waals surface area contributed by atoms with Crippen molar-refractivity contribution in [2.45, 2.75) is 51.5 Å². The first-order valence-electron chi connectivity index (χ1n) is 7.53. The molecule has 18 heavy (non-hydrogen) atoms. The van der Waals surface area contributed by atoms with Gasteiger partial charge >= 0.3 is 0 Å². The summed E-state index contributed by atoms with van der Waals surface area (Å²) in [6.45, 7) is 7.04. The van der Waals surface area contributed by atoms with Gasteiger partial charge in [0.1, 0.15) is 0 Å². The predicted molar refractivity (Wildman–Crippen MR) is 76.7 cm³/mol. The topological polar surface area (TPSA) is 53.6 Å². The molecule has 1 atom stereocenters. The molecule has 0 amide bonds. The molecule has 0 radical (unpaired) electrons. The molecule has 1 aliphatic heterocycles. The summed E-state index contributed by atoms with van der Waals surface area (Å²) in [6.07, 6.45) is 7.68. The third-order valence-electron chi connectivity index (χ3n) is 3.84. The minimum Gasteiger partial charge on any atom is -0.370 e. The largest absolute Gasteiger partial charge is 0.370 e. The van der Waals surface area contributed by atoms with Gasteiger partial charge in [-0.05, 0) is 57.5 Å². The van der Waals surface area contributed by atoms with E-state index in [0.717, 1.165) is 18.9 Å². The monoisotopic (exact) mass is 252 g/mol. The van der Waals surface area contributed by atoms with Crippen molar-refractivity contribution in [2.75, 3.05) is 26.2 Å². The van der Waals surface area contributed by atoms with Crippen molar-refractivity contribution in [3.05, 3.63) is 0 Å². The first-order chi connectivity index (χ1) is 8.74. The fourth-order valence-corrected chi connectivity index (χ4v) is 2.62. The van der Waals surface area contributed by atoms with Gasteiger partial charge in [-0.2, -0.15) is 0 Å². The summed E-state index contributed by atoms with van der Waals surface area (Å²) in [4.78, 5) is 6.97. The van der Waals surface area contributed by atoms with Crippen LogP contribution in [0.5, 0.6) is 0 Å². The molecule has 0 bridgehead atoms. The third kappa shape index (κ3) is 5.25. The van der Waals surface area contributed by atoms with Crippen molar-refractivity contribution in [3.63, 3.8) is 0 Å². The number of likely N-dealkylation sites (tertiary alicyclic amines) is 1.